The molecule has 2 N–H and O–H groups in total. The first-order chi connectivity index (χ1) is 12.0. The van der Waals surface area contributed by atoms with Crippen LogP contribution in [0.2, 0.25) is 0 Å². The molecule has 1 aliphatic heterocycles. The molecule has 0 aromatic heterocycles. The zero-order valence-electron chi connectivity index (χ0n) is 15.1. The smallest absolute Gasteiger partial charge is 0.321 e. The number of anilines is 1. The molecule has 1 aromatic carbocycles. The maximum absolute atomic E-state index is 12.7. The summed E-state index contributed by atoms with van der Waals surface area (Å²) in [6.45, 7) is 2.71. The van der Waals surface area contributed by atoms with Crippen molar-refractivity contribution >= 4 is 17.6 Å². The van der Waals surface area contributed by atoms with E-state index in [1.54, 1.807) is 26.2 Å². The van der Waals surface area contributed by atoms with Crippen molar-refractivity contribution in [1.82, 2.24) is 15.1 Å². The van der Waals surface area contributed by atoms with Crippen LogP contribution in [0.15, 0.2) is 24.3 Å². The van der Waals surface area contributed by atoms with E-state index < -0.39 is 0 Å². The van der Waals surface area contributed by atoms with E-state index in [4.69, 9.17) is 0 Å². The molecule has 0 spiro atoms. The number of hydrogen-bond acceptors (Lipinski definition) is 3. The number of nitrogens with zero attached hydrogens (tertiary/aromatic N) is 2. The standard InChI is InChI=1S/C19H28N4O2/c1-22(2)19(25)21-17-5-3-4-15(12-17)18(24)23-10-8-16(9-11-23)20-13-14-6-7-14/h3-5,12,14,16,20H,6-11,13H2,1-2H3,(H,21,25). The number of rotatable bonds is 5. The van der Waals surface area contributed by atoms with Crippen LogP contribution in [-0.4, -0.2) is 61.5 Å². The van der Waals surface area contributed by atoms with Gasteiger partial charge in [-0.3, -0.25) is 4.79 Å². The predicted octanol–water partition coefficient (Wildman–Crippen LogP) is 2.38. The molecule has 0 unspecified atom stereocenters. The van der Waals surface area contributed by atoms with Crippen molar-refractivity contribution in [1.29, 1.82) is 0 Å². The fourth-order valence-corrected chi connectivity index (χ4v) is 3.09. The summed E-state index contributed by atoms with van der Waals surface area (Å²) >= 11 is 0. The summed E-state index contributed by atoms with van der Waals surface area (Å²) in [6.07, 6.45) is 4.75. The van der Waals surface area contributed by atoms with Crippen molar-refractivity contribution in [2.24, 2.45) is 5.92 Å². The number of benzene rings is 1. The highest BCUT2D eigenvalue weighted by molar-refractivity contribution is 5.96. The molecule has 0 bridgehead atoms. The number of hydrogen-bond donors (Lipinski definition) is 2. The number of likely N-dealkylation sites (tertiary alicyclic amines) is 1. The average Bonchev–Trinajstić information content (AvgIpc) is 3.44. The summed E-state index contributed by atoms with van der Waals surface area (Å²) in [5.74, 6) is 0.932. The Morgan fingerprint density at radius 2 is 1.88 bits per heavy atom. The number of carbonyl (C=O) groups is 2. The predicted molar refractivity (Wildman–Crippen MR) is 98.8 cm³/mol. The van der Waals surface area contributed by atoms with Crippen molar-refractivity contribution in [3.8, 4) is 0 Å². The molecule has 0 radical (unpaired) electrons. The van der Waals surface area contributed by atoms with Crippen LogP contribution < -0.4 is 10.6 Å². The first-order valence-corrected chi connectivity index (χ1v) is 9.14. The average molecular weight is 344 g/mol. The molecule has 0 atom stereocenters. The summed E-state index contributed by atoms with van der Waals surface area (Å²) in [5.41, 5.74) is 1.27. The van der Waals surface area contributed by atoms with Crippen LogP contribution >= 0.6 is 0 Å². The number of nitrogens with one attached hydrogen (secondary N) is 2. The van der Waals surface area contributed by atoms with Crippen molar-refractivity contribution in [2.45, 2.75) is 31.7 Å². The second-order valence-electron chi connectivity index (χ2n) is 7.32. The summed E-state index contributed by atoms with van der Waals surface area (Å²) in [4.78, 5) is 27.9. The van der Waals surface area contributed by atoms with Crippen molar-refractivity contribution in [3.05, 3.63) is 29.8 Å². The minimum Gasteiger partial charge on any atom is -0.339 e. The zero-order chi connectivity index (χ0) is 17.8. The topological polar surface area (TPSA) is 64.7 Å². The molecule has 25 heavy (non-hydrogen) atoms. The largest absolute Gasteiger partial charge is 0.339 e. The van der Waals surface area contributed by atoms with Gasteiger partial charge in [0.25, 0.3) is 5.91 Å². The molecule has 1 saturated carbocycles. The molecule has 1 aliphatic carbocycles. The van der Waals surface area contributed by atoms with Gasteiger partial charge in [0.05, 0.1) is 0 Å². The molecule has 3 rings (SSSR count). The molecule has 2 fully saturated rings. The summed E-state index contributed by atoms with van der Waals surface area (Å²) < 4.78 is 0. The highest BCUT2D eigenvalue weighted by Crippen LogP contribution is 2.28. The molecule has 6 heteroatoms. The van der Waals surface area contributed by atoms with Crippen LogP contribution in [0.3, 0.4) is 0 Å². The van der Waals surface area contributed by atoms with Gasteiger partial charge >= 0.3 is 6.03 Å². The Morgan fingerprint density at radius 3 is 2.52 bits per heavy atom. The van der Waals surface area contributed by atoms with Gasteiger partial charge < -0.3 is 20.4 Å². The maximum atomic E-state index is 12.7. The van der Waals surface area contributed by atoms with E-state index in [1.165, 1.54) is 17.7 Å². The van der Waals surface area contributed by atoms with Gasteiger partial charge in [-0.15, -0.1) is 0 Å². The number of amides is 3. The van der Waals surface area contributed by atoms with Gasteiger partial charge in [-0.05, 0) is 56.3 Å². The van der Waals surface area contributed by atoms with Gasteiger partial charge in [0.1, 0.15) is 0 Å². The number of piperidine rings is 1. The van der Waals surface area contributed by atoms with Gasteiger partial charge in [-0.1, -0.05) is 6.07 Å². The fourth-order valence-electron chi connectivity index (χ4n) is 3.09. The van der Waals surface area contributed by atoms with Crippen LogP contribution in [0.1, 0.15) is 36.0 Å². The van der Waals surface area contributed by atoms with Gasteiger partial charge in [0.15, 0.2) is 0 Å². The third-order valence-electron chi connectivity index (χ3n) is 4.94. The Labute approximate surface area is 149 Å². The maximum Gasteiger partial charge on any atom is 0.321 e. The van der Waals surface area contributed by atoms with Crippen LogP contribution in [0.25, 0.3) is 0 Å². The quantitative estimate of drug-likeness (QED) is 0.862. The van der Waals surface area contributed by atoms with Gasteiger partial charge in [0.2, 0.25) is 0 Å². The molecule has 2 aliphatic rings. The van der Waals surface area contributed by atoms with Gasteiger partial charge in [-0.2, -0.15) is 0 Å². The number of carbonyl (C=O) groups excluding carboxylic acids is 2. The molecular formula is C19H28N4O2. The molecular weight excluding hydrogens is 316 g/mol. The molecule has 3 amide bonds. The van der Waals surface area contributed by atoms with Crippen LogP contribution in [0.5, 0.6) is 0 Å². The lowest BCUT2D eigenvalue weighted by Crippen LogP contribution is -2.45. The third-order valence-corrected chi connectivity index (χ3v) is 4.94. The lowest BCUT2D eigenvalue weighted by molar-refractivity contribution is 0.0705. The first kappa shape index (κ1) is 17.7. The minimum atomic E-state index is -0.202. The Hall–Kier alpha value is -2.08. The van der Waals surface area contributed by atoms with E-state index in [0.717, 1.165) is 38.4 Å². The first-order valence-electron chi connectivity index (χ1n) is 9.14. The zero-order valence-corrected chi connectivity index (χ0v) is 15.1. The molecule has 6 nitrogen and oxygen atoms in total. The lowest BCUT2D eigenvalue weighted by Gasteiger charge is -2.32. The SMILES string of the molecule is CN(C)C(=O)Nc1cccc(C(=O)N2CCC(NCC3CC3)CC2)c1. The van der Waals surface area contributed by atoms with E-state index in [1.807, 2.05) is 17.0 Å². The fraction of sp³-hybridized carbons (Fsp3) is 0.579. The van der Waals surface area contributed by atoms with Crippen molar-refractivity contribution in [3.63, 3.8) is 0 Å². The molecule has 1 aromatic rings. The molecule has 1 heterocycles. The number of urea groups is 1. The van der Waals surface area contributed by atoms with Gasteiger partial charge in [-0.25, -0.2) is 4.79 Å². The van der Waals surface area contributed by atoms with E-state index >= 15 is 0 Å². The Balaban J connectivity index is 1.53. The normalized spacial score (nSPS) is 18.1. The van der Waals surface area contributed by atoms with E-state index in [-0.39, 0.29) is 11.9 Å². The monoisotopic (exact) mass is 344 g/mol. The summed E-state index contributed by atoms with van der Waals surface area (Å²) in [6, 6.07) is 7.50. The third kappa shape index (κ3) is 4.95. The summed E-state index contributed by atoms with van der Waals surface area (Å²) in [5, 5.41) is 6.42. The lowest BCUT2D eigenvalue weighted by atomic mass is 10.0. The summed E-state index contributed by atoms with van der Waals surface area (Å²) in [7, 11) is 3.37. The Morgan fingerprint density at radius 1 is 1.16 bits per heavy atom. The van der Waals surface area contributed by atoms with Crippen molar-refractivity contribution in [2.75, 3.05) is 39.0 Å². The highest BCUT2D eigenvalue weighted by atomic mass is 16.2. The second kappa shape index (κ2) is 7.87. The minimum absolute atomic E-state index is 0.0431. The van der Waals surface area contributed by atoms with Crippen LogP contribution in [0, 0.1) is 5.92 Å². The second-order valence-corrected chi connectivity index (χ2v) is 7.32. The van der Waals surface area contributed by atoms with Crippen molar-refractivity contribution < 1.29 is 9.59 Å². The van der Waals surface area contributed by atoms with E-state index in [9.17, 15) is 9.59 Å². The van der Waals surface area contributed by atoms with E-state index in [0.29, 0.717) is 17.3 Å². The highest BCUT2D eigenvalue weighted by Gasteiger charge is 2.26. The van der Waals surface area contributed by atoms with Gasteiger partial charge in [0, 0.05) is 44.5 Å². The Bertz CT molecular complexity index is 620. The van der Waals surface area contributed by atoms with E-state index in [2.05, 4.69) is 10.6 Å². The van der Waals surface area contributed by atoms with Crippen LogP contribution in [0.4, 0.5) is 10.5 Å². The molecule has 136 valence electrons. The van der Waals surface area contributed by atoms with Crippen LogP contribution in [-0.2, 0) is 0 Å². The Kier molecular flexibility index (Phi) is 5.58. The molecule has 1 saturated heterocycles.